The van der Waals surface area contributed by atoms with E-state index in [1.165, 1.54) is 0 Å². The second-order valence-corrected chi connectivity index (χ2v) is 6.97. The number of carbonyl (C=O) groups excluding carboxylic acids is 3. The minimum absolute atomic E-state index is 0.254. The number of rotatable bonds is 8. The molecule has 1 fully saturated rings. The molecule has 0 aliphatic carbocycles. The summed E-state index contributed by atoms with van der Waals surface area (Å²) in [6, 6.07) is 6.19. The fraction of sp³-hybridized carbons (Fsp3) is 0.526. The maximum Gasteiger partial charge on any atom is 0.325 e. The van der Waals surface area contributed by atoms with Crippen LogP contribution in [0.1, 0.15) is 50.9 Å². The van der Waals surface area contributed by atoms with Crippen LogP contribution in [-0.4, -0.2) is 41.3 Å². The average Bonchev–Trinajstić information content (AvgIpc) is 2.78. The third-order valence-corrected chi connectivity index (χ3v) is 4.36. The SMILES string of the molecule is CCOc1ccc(C(=O)CN2C(=O)NC(C)(CCC(C)C)C2=O)cc1. The summed E-state index contributed by atoms with van der Waals surface area (Å²) in [5, 5.41) is 2.73. The zero-order valence-corrected chi connectivity index (χ0v) is 15.3. The van der Waals surface area contributed by atoms with Crippen molar-refractivity contribution in [3.05, 3.63) is 29.8 Å². The number of ether oxygens (including phenoxy) is 1. The highest BCUT2D eigenvalue weighted by atomic mass is 16.5. The molecule has 1 aromatic carbocycles. The monoisotopic (exact) mass is 346 g/mol. The predicted octanol–water partition coefficient (Wildman–Crippen LogP) is 3.01. The van der Waals surface area contributed by atoms with E-state index in [0.29, 0.717) is 30.3 Å². The van der Waals surface area contributed by atoms with Crippen LogP contribution in [0.25, 0.3) is 0 Å². The summed E-state index contributed by atoms with van der Waals surface area (Å²) < 4.78 is 5.34. The highest BCUT2D eigenvalue weighted by Crippen LogP contribution is 2.25. The average molecular weight is 346 g/mol. The third kappa shape index (κ3) is 4.38. The molecule has 6 heteroatoms. The van der Waals surface area contributed by atoms with E-state index < -0.39 is 11.6 Å². The molecular formula is C19H26N2O4. The third-order valence-electron chi connectivity index (χ3n) is 4.36. The van der Waals surface area contributed by atoms with Gasteiger partial charge >= 0.3 is 6.03 Å². The first kappa shape index (κ1) is 19.0. The standard InChI is InChI=1S/C19H26N2O4/c1-5-25-15-8-6-14(7-9-15)16(22)12-21-17(23)19(4,20-18(21)24)11-10-13(2)3/h6-9,13H,5,10-12H2,1-4H3,(H,20,24). The van der Waals surface area contributed by atoms with Gasteiger partial charge in [0.1, 0.15) is 11.3 Å². The van der Waals surface area contributed by atoms with Gasteiger partial charge < -0.3 is 10.1 Å². The number of hydrogen-bond acceptors (Lipinski definition) is 4. The van der Waals surface area contributed by atoms with Gasteiger partial charge in [-0.15, -0.1) is 0 Å². The fourth-order valence-electron chi connectivity index (χ4n) is 2.78. The fourth-order valence-corrected chi connectivity index (χ4v) is 2.78. The van der Waals surface area contributed by atoms with E-state index in [2.05, 4.69) is 19.2 Å². The summed E-state index contributed by atoms with van der Waals surface area (Å²) >= 11 is 0. The van der Waals surface area contributed by atoms with Gasteiger partial charge in [0.15, 0.2) is 5.78 Å². The number of imide groups is 1. The molecule has 6 nitrogen and oxygen atoms in total. The molecule has 1 heterocycles. The molecule has 0 spiro atoms. The predicted molar refractivity (Wildman–Crippen MR) is 94.7 cm³/mol. The molecule has 0 aromatic heterocycles. The van der Waals surface area contributed by atoms with Gasteiger partial charge in [0, 0.05) is 5.56 Å². The molecule has 1 N–H and O–H groups in total. The van der Waals surface area contributed by atoms with Crippen LogP contribution in [0.5, 0.6) is 5.75 Å². The Morgan fingerprint density at radius 3 is 2.44 bits per heavy atom. The molecule has 1 saturated heterocycles. The van der Waals surface area contributed by atoms with Crippen molar-refractivity contribution in [2.45, 2.75) is 46.1 Å². The van der Waals surface area contributed by atoms with Gasteiger partial charge in [0.2, 0.25) is 0 Å². The first-order valence-corrected chi connectivity index (χ1v) is 8.67. The number of urea groups is 1. The second kappa shape index (κ2) is 7.68. The number of benzene rings is 1. The van der Waals surface area contributed by atoms with Gasteiger partial charge in [-0.1, -0.05) is 13.8 Å². The molecule has 0 bridgehead atoms. The summed E-state index contributed by atoms with van der Waals surface area (Å²) in [6.07, 6.45) is 1.38. The van der Waals surface area contributed by atoms with Gasteiger partial charge in [-0.05, 0) is 56.9 Å². The van der Waals surface area contributed by atoms with Crippen molar-refractivity contribution >= 4 is 17.7 Å². The summed E-state index contributed by atoms with van der Waals surface area (Å²) in [4.78, 5) is 38.2. The maximum absolute atomic E-state index is 12.6. The van der Waals surface area contributed by atoms with E-state index in [9.17, 15) is 14.4 Å². The molecule has 1 aromatic rings. The Hall–Kier alpha value is -2.37. The van der Waals surface area contributed by atoms with E-state index in [1.54, 1.807) is 31.2 Å². The van der Waals surface area contributed by atoms with Gasteiger partial charge in [0.25, 0.3) is 5.91 Å². The lowest BCUT2D eigenvalue weighted by molar-refractivity contribution is -0.130. The molecular weight excluding hydrogens is 320 g/mol. The maximum atomic E-state index is 12.6. The zero-order chi connectivity index (χ0) is 18.6. The van der Waals surface area contributed by atoms with Crippen LogP contribution in [0.3, 0.4) is 0 Å². The molecule has 2 rings (SSSR count). The normalized spacial score (nSPS) is 20.1. The van der Waals surface area contributed by atoms with Gasteiger partial charge in [0.05, 0.1) is 13.2 Å². The lowest BCUT2D eigenvalue weighted by atomic mass is 9.92. The van der Waals surface area contributed by atoms with Crippen LogP contribution in [0.2, 0.25) is 0 Å². The minimum atomic E-state index is -0.930. The summed E-state index contributed by atoms with van der Waals surface area (Å²) in [6.45, 7) is 8.03. The summed E-state index contributed by atoms with van der Waals surface area (Å²) in [5.41, 5.74) is -0.486. The zero-order valence-electron chi connectivity index (χ0n) is 15.3. The molecule has 1 aliphatic heterocycles. The van der Waals surface area contributed by atoms with Crippen molar-refractivity contribution in [3.8, 4) is 5.75 Å². The number of nitrogens with zero attached hydrogens (tertiary/aromatic N) is 1. The van der Waals surface area contributed by atoms with Crippen LogP contribution in [0.15, 0.2) is 24.3 Å². The van der Waals surface area contributed by atoms with Crippen LogP contribution >= 0.6 is 0 Å². The smallest absolute Gasteiger partial charge is 0.325 e. The molecule has 1 unspecified atom stereocenters. The molecule has 0 radical (unpaired) electrons. The van der Waals surface area contributed by atoms with E-state index in [0.717, 1.165) is 11.3 Å². The van der Waals surface area contributed by atoms with Gasteiger partial charge in [-0.3, -0.25) is 14.5 Å². The highest BCUT2D eigenvalue weighted by Gasteiger charge is 2.47. The Labute approximate surface area is 148 Å². The quantitative estimate of drug-likeness (QED) is 0.580. The van der Waals surface area contributed by atoms with Crippen molar-refractivity contribution in [1.29, 1.82) is 0 Å². The summed E-state index contributed by atoms with van der Waals surface area (Å²) in [7, 11) is 0. The second-order valence-electron chi connectivity index (χ2n) is 6.97. The molecule has 136 valence electrons. The van der Waals surface area contributed by atoms with Crippen molar-refractivity contribution < 1.29 is 19.1 Å². The number of nitrogens with one attached hydrogen (secondary N) is 1. The molecule has 1 aliphatic rings. The van der Waals surface area contributed by atoms with Crippen molar-refractivity contribution in [2.24, 2.45) is 5.92 Å². The van der Waals surface area contributed by atoms with Crippen LogP contribution in [0, 0.1) is 5.92 Å². The van der Waals surface area contributed by atoms with Crippen LogP contribution in [0.4, 0.5) is 4.79 Å². The Bertz CT molecular complexity index is 654. The summed E-state index contributed by atoms with van der Waals surface area (Å²) in [5.74, 6) is 0.494. The Balaban J connectivity index is 2.05. The van der Waals surface area contributed by atoms with E-state index in [4.69, 9.17) is 4.74 Å². The first-order valence-electron chi connectivity index (χ1n) is 8.67. The molecule has 25 heavy (non-hydrogen) atoms. The number of amides is 3. The lowest BCUT2D eigenvalue weighted by Gasteiger charge is -2.22. The van der Waals surface area contributed by atoms with E-state index in [-0.39, 0.29) is 18.2 Å². The number of hydrogen-bond donors (Lipinski definition) is 1. The van der Waals surface area contributed by atoms with Gasteiger partial charge in [-0.2, -0.15) is 0 Å². The highest BCUT2D eigenvalue weighted by molar-refractivity contribution is 6.11. The van der Waals surface area contributed by atoms with Crippen molar-refractivity contribution in [3.63, 3.8) is 0 Å². The van der Waals surface area contributed by atoms with E-state index >= 15 is 0 Å². The van der Waals surface area contributed by atoms with Gasteiger partial charge in [-0.25, -0.2) is 4.79 Å². The molecule has 1 atom stereocenters. The van der Waals surface area contributed by atoms with E-state index in [1.807, 2.05) is 6.92 Å². The Morgan fingerprint density at radius 1 is 1.24 bits per heavy atom. The minimum Gasteiger partial charge on any atom is -0.494 e. The first-order chi connectivity index (χ1) is 11.8. The number of carbonyl (C=O) groups is 3. The lowest BCUT2D eigenvalue weighted by Crippen LogP contribution is -2.44. The Kier molecular flexibility index (Phi) is 5.82. The Morgan fingerprint density at radius 2 is 1.88 bits per heavy atom. The largest absolute Gasteiger partial charge is 0.494 e. The molecule has 0 saturated carbocycles. The topological polar surface area (TPSA) is 75.7 Å². The number of ketones is 1. The number of Topliss-reactive ketones (excluding diaryl/α,β-unsaturated/α-hetero) is 1. The molecule has 3 amide bonds. The van der Waals surface area contributed by atoms with Crippen LogP contribution in [-0.2, 0) is 4.79 Å². The van der Waals surface area contributed by atoms with Crippen molar-refractivity contribution in [1.82, 2.24) is 10.2 Å². The van der Waals surface area contributed by atoms with Crippen LogP contribution < -0.4 is 10.1 Å². The van der Waals surface area contributed by atoms with Crippen molar-refractivity contribution in [2.75, 3.05) is 13.2 Å².